The third-order valence-electron chi connectivity index (χ3n) is 3.92. The van der Waals surface area contributed by atoms with Crippen LogP contribution in [0.1, 0.15) is 37.1 Å². The van der Waals surface area contributed by atoms with Crippen molar-refractivity contribution in [2.75, 3.05) is 18.6 Å². The minimum absolute atomic E-state index is 0.181. The summed E-state index contributed by atoms with van der Waals surface area (Å²) in [6.07, 6.45) is 3.27. The van der Waals surface area contributed by atoms with Crippen molar-refractivity contribution in [1.82, 2.24) is 4.98 Å². The average molecular weight is 295 g/mol. The molecule has 1 aliphatic heterocycles. The van der Waals surface area contributed by atoms with Gasteiger partial charge in [0.05, 0.1) is 12.7 Å². The Kier molecular flexibility index (Phi) is 4.35. The van der Waals surface area contributed by atoms with E-state index in [2.05, 4.69) is 18.8 Å². The van der Waals surface area contributed by atoms with Gasteiger partial charge >= 0.3 is 0 Å². The highest BCUT2D eigenvalue weighted by atomic mass is 32.2. The summed E-state index contributed by atoms with van der Waals surface area (Å²) >= 11 is 1.84. The molecule has 1 aliphatic rings. The van der Waals surface area contributed by atoms with Crippen molar-refractivity contribution in [1.29, 1.82) is 0 Å². The van der Waals surface area contributed by atoms with Crippen LogP contribution in [0.25, 0.3) is 0 Å². The molecule has 1 aromatic rings. The molecule has 2 heterocycles. The minimum Gasteiger partial charge on any atom is -0.496 e. The van der Waals surface area contributed by atoms with Crippen molar-refractivity contribution >= 4 is 11.8 Å². The van der Waals surface area contributed by atoms with E-state index < -0.39 is 5.60 Å². The molecule has 1 atom stereocenters. The van der Waals surface area contributed by atoms with Gasteiger partial charge in [-0.25, -0.2) is 0 Å². The number of methoxy groups -OCH3 is 1. The molecular weight excluding hydrogens is 270 g/mol. The van der Waals surface area contributed by atoms with E-state index in [1.807, 2.05) is 31.8 Å². The first-order chi connectivity index (χ1) is 9.26. The van der Waals surface area contributed by atoms with Gasteiger partial charge in [-0.2, -0.15) is 11.8 Å². The molecule has 1 saturated heterocycles. The molecule has 20 heavy (non-hydrogen) atoms. The fourth-order valence-corrected chi connectivity index (χ4v) is 4.53. The van der Waals surface area contributed by atoms with Crippen LogP contribution in [0.2, 0.25) is 0 Å². The van der Waals surface area contributed by atoms with Crippen molar-refractivity contribution in [3.63, 3.8) is 0 Å². The summed E-state index contributed by atoms with van der Waals surface area (Å²) in [4.78, 5) is 4.52. The Bertz CT molecular complexity index is 501. The predicted molar refractivity (Wildman–Crippen MR) is 84.6 cm³/mol. The van der Waals surface area contributed by atoms with Gasteiger partial charge < -0.3 is 9.84 Å². The molecule has 1 unspecified atom stereocenters. The number of thioether (sulfide) groups is 1. The molecule has 0 radical (unpaired) electrons. The summed E-state index contributed by atoms with van der Waals surface area (Å²) in [6, 6.07) is 0. The maximum atomic E-state index is 10.9. The van der Waals surface area contributed by atoms with Crippen LogP contribution in [0.15, 0.2) is 6.20 Å². The third-order valence-corrected chi connectivity index (χ3v) is 5.64. The molecule has 0 aromatic carbocycles. The number of rotatable bonds is 3. The summed E-state index contributed by atoms with van der Waals surface area (Å²) < 4.78 is 5.45. The molecule has 0 bridgehead atoms. The molecule has 4 heteroatoms. The molecule has 1 aromatic heterocycles. The second kappa shape index (κ2) is 5.57. The van der Waals surface area contributed by atoms with E-state index in [0.717, 1.165) is 40.5 Å². The van der Waals surface area contributed by atoms with Gasteiger partial charge in [0.2, 0.25) is 0 Å². The molecule has 0 saturated carbocycles. The normalized spacial score (nSPS) is 25.5. The maximum absolute atomic E-state index is 10.9. The Balaban J connectivity index is 2.26. The zero-order valence-electron chi connectivity index (χ0n) is 13.1. The van der Waals surface area contributed by atoms with E-state index in [4.69, 9.17) is 4.74 Å². The van der Waals surface area contributed by atoms with Gasteiger partial charge in [0.25, 0.3) is 0 Å². The highest BCUT2D eigenvalue weighted by Crippen LogP contribution is 2.41. The Morgan fingerprint density at radius 1 is 1.35 bits per heavy atom. The van der Waals surface area contributed by atoms with Crippen molar-refractivity contribution in [2.45, 2.75) is 46.1 Å². The van der Waals surface area contributed by atoms with Crippen LogP contribution in [-0.4, -0.2) is 34.3 Å². The lowest BCUT2D eigenvalue weighted by Gasteiger charge is -2.41. The largest absolute Gasteiger partial charge is 0.496 e. The van der Waals surface area contributed by atoms with Crippen LogP contribution >= 0.6 is 11.8 Å². The van der Waals surface area contributed by atoms with Gasteiger partial charge in [0, 0.05) is 35.2 Å². The second-order valence-electron chi connectivity index (χ2n) is 6.78. The van der Waals surface area contributed by atoms with E-state index in [-0.39, 0.29) is 5.41 Å². The maximum Gasteiger partial charge on any atom is 0.128 e. The Hall–Kier alpha value is -0.740. The summed E-state index contributed by atoms with van der Waals surface area (Å²) in [5.41, 5.74) is 2.56. The van der Waals surface area contributed by atoms with E-state index in [9.17, 15) is 5.11 Å². The van der Waals surface area contributed by atoms with Crippen LogP contribution in [0.5, 0.6) is 5.75 Å². The molecular formula is C16H25NO2S. The SMILES string of the molecule is COc1c(C)cnc(CC2(O)CSCC(C)(C)C2)c1C. The number of hydrogen-bond donors (Lipinski definition) is 1. The van der Waals surface area contributed by atoms with E-state index in [0.29, 0.717) is 6.42 Å². The zero-order chi connectivity index (χ0) is 15.0. The summed E-state index contributed by atoms with van der Waals surface area (Å²) in [5, 5.41) is 10.9. The standard InChI is InChI=1S/C16H25NO2S/c1-11-7-17-13(12(2)14(11)19-5)6-16(18)8-15(3,4)9-20-10-16/h7,18H,6,8-10H2,1-5H3. The van der Waals surface area contributed by atoms with Gasteiger partial charge in [0.1, 0.15) is 5.75 Å². The van der Waals surface area contributed by atoms with Crippen LogP contribution in [0, 0.1) is 19.3 Å². The first kappa shape index (κ1) is 15.6. The minimum atomic E-state index is -0.662. The monoisotopic (exact) mass is 295 g/mol. The Morgan fingerprint density at radius 2 is 2.05 bits per heavy atom. The van der Waals surface area contributed by atoms with Gasteiger partial charge in [-0.15, -0.1) is 0 Å². The molecule has 0 amide bonds. The smallest absolute Gasteiger partial charge is 0.128 e. The quantitative estimate of drug-likeness (QED) is 0.930. The number of aromatic nitrogens is 1. The van der Waals surface area contributed by atoms with Crippen molar-refractivity contribution in [3.05, 3.63) is 23.0 Å². The van der Waals surface area contributed by atoms with Gasteiger partial charge in [-0.3, -0.25) is 4.98 Å². The number of aliphatic hydroxyl groups is 1. The third kappa shape index (κ3) is 3.29. The summed E-state index contributed by atoms with van der Waals surface area (Å²) in [7, 11) is 1.69. The number of pyridine rings is 1. The second-order valence-corrected chi connectivity index (χ2v) is 7.77. The summed E-state index contributed by atoms with van der Waals surface area (Å²) in [6.45, 7) is 8.47. The van der Waals surface area contributed by atoms with Crippen molar-refractivity contribution in [3.8, 4) is 5.75 Å². The molecule has 1 N–H and O–H groups in total. The average Bonchev–Trinajstić information content (AvgIpc) is 2.32. The van der Waals surface area contributed by atoms with E-state index in [1.165, 1.54) is 0 Å². The zero-order valence-corrected chi connectivity index (χ0v) is 13.9. The number of hydrogen-bond acceptors (Lipinski definition) is 4. The Labute approximate surface area is 126 Å². The molecule has 3 nitrogen and oxygen atoms in total. The van der Waals surface area contributed by atoms with Gasteiger partial charge in [0.15, 0.2) is 0 Å². The van der Waals surface area contributed by atoms with Gasteiger partial charge in [-0.05, 0) is 31.4 Å². The topological polar surface area (TPSA) is 42.4 Å². The van der Waals surface area contributed by atoms with Crippen LogP contribution in [-0.2, 0) is 6.42 Å². The summed E-state index contributed by atoms with van der Waals surface area (Å²) in [5.74, 6) is 2.79. The molecule has 0 spiro atoms. The fraction of sp³-hybridized carbons (Fsp3) is 0.688. The van der Waals surface area contributed by atoms with E-state index in [1.54, 1.807) is 7.11 Å². The molecule has 0 aliphatic carbocycles. The highest BCUT2D eigenvalue weighted by molar-refractivity contribution is 7.99. The Morgan fingerprint density at radius 3 is 2.65 bits per heavy atom. The lowest BCUT2D eigenvalue weighted by Crippen LogP contribution is -2.44. The van der Waals surface area contributed by atoms with Crippen LogP contribution < -0.4 is 4.74 Å². The highest BCUT2D eigenvalue weighted by Gasteiger charge is 2.39. The van der Waals surface area contributed by atoms with Crippen molar-refractivity contribution < 1.29 is 9.84 Å². The fourth-order valence-electron chi connectivity index (χ4n) is 3.18. The number of nitrogens with zero attached hydrogens (tertiary/aromatic N) is 1. The first-order valence-corrected chi connectivity index (χ1v) is 8.21. The number of aryl methyl sites for hydroxylation is 1. The predicted octanol–water partition coefficient (Wildman–Crippen LogP) is 3.14. The number of ether oxygens (including phenoxy) is 1. The van der Waals surface area contributed by atoms with E-state index >= 15 is 0 Å². The van der Waals surface area contributed by atoms with Crippen LogP contribution in [0.4, 0.5) is 0 Å². The van der Waals surface area contributed by atoms with Crippen molar-refractivity contribution in [2.24, 2.45) is 5.41 Å². The molecule has 2 rings (SSSR count). The molecule has 112 valence electrons. The first-order valence-electron chi connectivity index (χ1n) is 7.06. The van der Waals surface area contributed by atoms with Gasteiger partial charge in [-0.1, -0.05) is 13.8 Å². The lowest BCUT2D eigenvalue weighted by molar-refractivity contribution is 0.0190. The van der Waals surface area contributed by atoms with Crippen LogP contribution in [0.3, 0.4) is 0 Å². The lowest BCUT2D eigenvalue weighted by atomic mass is 9.79. The molecule has 1 fully saturated rings.